The summed E-state index contributed by atoms with van der Waals surface area (Å²) in [5, 5.41) is 11.3. The predicted octanol–water partition coefficient (Wildman–Crippen LogP) is -1.70. The second-order valence-electron chi connectivity index (χ2n) is 1.78. The Morgan fingerprint density at radius 2 is 2.27 bits per heavy atom. The normalized spacial score (nSPS) is 11.4. The summed E-state index contributed by atoms with van der Waals surface area (Å²) >= 11 is 0. The van der Waals surface area contributed by atoms with Crippen LogP contribution in [0.15, 0.2) is 12.0 Å². The van der Waals surface area contributed by atoms with Gasteiger partial charge in [-0.15, -0.1) is 0 Å². The quantitative estimate of drug-likeness (QED) is 0.275. The summed E-state index contributed by atoms with van der Waals surface area (Å²) in [4.78, 5) is 0. The van der Waals surface area contributed by atoms with Gasteiger partial charge in [-0.1, -0.05) is 0 Å². The van der Waals surface area contributed by atoms with Crippen molar-refractivity contribution in [1.82, 2.24) is 5.32 Å². The van der Waals surface area contributed by atoms with Gasteiger partial charge in [0.15, 0.2) is 5.88 Å². The molecule has 0 aliphatic rings. The van der Waals surface area contributed by atoms with Crippen molar-refractivity contribution in [2.45, 2.75) is 0 Å². The number of aliphatic hydroxyl groups excluding tert-OH is 1. The van der Waals surface area contributed by atoms with Gasteiger partial charge >= 0.3 is 0 Å². The van der Waals surface area contributed by atoms with Gasteiger partial charge in [-0.05, 0) is 0 Å². The van der Waals surface area contributed by atoms with Crippen LogP contribution in [-0.4, -0.2) is 31.5 Å². The van der Waals surface area contributed by atoms with Gasteiger partial charge in [0.1, 0.15) is 6.73 Å². The molecule has 0 aromatic rings. The minimum atomic E-state index is -0.0765. The molecule has 0 aromatic heterocycles. The fraction of sp³-hybridized carbons (Fsp3) is 0.667. The van der Waals surface area contributed by atoms with Crippen LogP contribution in [0, 0.1) is 0 Å². The number of rotatable bonds is 6. The third-order valence-corrected chi connectivity index (χ3v) is 0.959. The van der Waals surface area contributed by atoms with Crippen LogP contribution in [-0.2, 0) is 4.74 Å². The highest BCUT2D eigenvalue weighted by Crippen LogP contribution is 1.88. The van der Waals surface area contributed by atoms with Gasteiger partial charge < -0.3 is 20.9 Å². The zero-order valence-corrected chi connectivity index (χ0v) is 6.42. The van der Waals surface area contributed by atoms with Gasteiger partial charge in [0, 0.05) is 19.2 Å². The van der Waals surface area contributed by atoms with Crippen molar-refractivity contribution in [3.63, 3.8) is 0 Å². The highest BCUT2D eigenvalue weighted by atomic mass is 16.5. The number of hydrogen-bond donors (Lipinski definition) is 4. The first-order valence-electron chi connectivity index (χ1n) is 3.43. The molecule has 0 radical (unpaired) electrons. The molecule has 5 nitrogen and oxygen atoms in total. The van der Waals surface area contributed by atoms with Crippen molar-refractivity contribution in [2.75, 3.05) is 26.4 Å². The van der Waals surface area contributed by atoms with Crippen molar-refractivity contribution in [2.24, 2.45) is 11.5 Å². The van der Waals surface area contributed by atoms with E-state index in [4.69, 9.17) is 21.3 Å². The van der Waals surface area contributed by atoms with Crippen LogP contribution >= 0.6 is 0 Å². The fourth-order valence-electron chi connectivity index (χ4n) is 0.550. The summed E-state index contributed by atoms with van der Waals surface area (Å²) in [6, 6.07) is 0. The molecule has 0 bridgehead atoms. The van der Waals surface area contributed by atoms with Crippen LogP contribution in [0.4, 0.5) is 0 Å². The maximum absolute atomic E-state index is 8.49. The first kappa shape index (κ1) is 10.2. The number of aliphatic hydroxyl groups is 1. The lowest BCUT2D eigenvalue weighted by Crippen LogP contribution is -2.25. The maximum atomic E-state index is 8.49. The van der Waals surface area contributed by atoms with Crippen molar-refractivity contribution < 1.29 is 9.84 Å². The molecular formula is C6H15N3O2. The van der Waals surface area contributed by atoms with Crippen LogP contribution < -0.4 is 16.8 Å². The molecule has 0 aliphatic carbocycles. The third kappa shape index (κ3) is 5.65. The third-order valence-electron chi connectivity index (χ3n) is 0.959. The van der Waals surface area contributed by atoms with Crippen LogP contribution in [0.2, 0.25) is 0 Å². The molecule has 0 unspecified atom stereocenters. The largest absolute Gasteiger partial charge is 0.464 e. The Kier molecular flexibility index (Phi) is 6.81. The second kappa shape index (κ2) is 7.33. The summed E-state index contributed by atoms with van der Waals surface area (Å²) in [7, 11) is 0. The molecule has 6 N–H and O–H groups in total. The van der Waals surface area contributed by atoms with E-state index in [-0.39, 0.29) is 13.3 Å². The van der Waals surface area contributed by atoms with E-state index < -0.39 is 0 Å². The summed E-state index contributed by atoms with van der Waals surface area (Å²) in [5.41, 5.74) is 10.3. The summed E-state index contributed by atoms with van der Waals surface area (Å²) in [6.07, 6.45) is 1.49. The predicted molar refractivity (Wildman–Crippen MR) is 42.4 cm³/mol. The van der Waals surface area contributed by atoms with E-state index in [1.165, 1.54) is 6.08 Å². The standard InChI is InChI=1S/C6H15N3O2/c7-2-3-9-6(1-4-10)11-5-8/h1,9-10H,2-5,7-8H2/b6-1-. The minimum absolute atomic E-state index is 0.0765. The molecule has 11 heavy (non-hydrogen) atoms. The Bertz CT molecular complexity index is 116. The smallest absolute Gasteiger partial charge is 0.186 e. The van der Waals surface area contributed by atoms with E-state index in [1.54, 1.807) is 0 Å². The van der Waals surface area contributed by atoms with Gasteiger partial charge in [0.05, 0.1) is 6.61 Å². The lowest BCUT2D eigenvalue weighted by molar-refractivity contribution is 0.194. The molecule has 0 saturated carbocycles. The topological polar surface area (TPSA) is 93.5 Å². The van der Waals surface area contributed by atoms with E-state index >= 15 is 0 Å². The SMILES string of the molecule is NCCN/C(=C/CO)OCN. The van der Waals surface area contributed by atoms with Crippen LogP contribution in [0.1, 0.15) is 0 Å². The van der Waals surface area contributed by atoms with Crippen LogP contribution in [0.3, 0.4) is 0 Å². The number of hydrogen-bond acceptors (Lipinski definition) is 5. The maximum Gasteiger partial charge on any atom is 0.186 e. The van der Waals surface area contributed by atoms with Crippen molar-refractivity contribution in [3.8, 4) is 0 Å². The van der Waals surface area contributed by atoms with Gasteiger partial charge in [-0.2, -0.15) is 0 Å². The lowest BCUT2D eigenvalue weighted by atomic mass is 10.5. The highest BCUT2D eigenvalue weighted by molar-refractivity contribution is 4.89. The Labute approximate surface area is 66.0 Å². The molecule has 0 rings (SSSR count). The number of nitrogens with two attached hydrogens (primary N) is 2. The molecule has 0 heterocycles. The fourth-order valence-corrected chi connectivity index (χ4v) is 0.550. The first-order valence-corrected chi connectivity index (χ1v) is 3.43. The molecular weight excluding hydrogens is 146 g/mol. The van der Waals surface area contributed by atoms with Gasteiger partial charge in [-0.3, -0.25) is 5.73 Å². The Morgan fingerprint density at radius 3 is 2.73 bits per heavy atom. The van der Waals surface area contributed by atoms with E-state index in [9.17, 15) is 0 Å². The zero-order chi connectivity index (χ0) is 8.53. The molecule has 0 aliphatic heterocycles. The Morgan fingerprint density at radius 1 is 1.55 bits per heavy atom. The highest BCUT2D eigenvalue weighted by Gasteiger charge is 1.92. The van der Waals surface area contributed by atoms with Gasteiger partial charge in [0.25, 0.3) is 0 Å². The lowest BCUT2D eigenvalue weighted by Gasteiger charge is -2.09. The first-order chi connectivity index (χ1) is 5.35. The Hall–Kier alpha value is -0.780. The molecule has 0 spiro atoms. The Balaban J connectivity index is 3.60. The average molecular weight is 161 g/mol. The molecule has 0 fully saturated rings. The molecule has 0 atom stereocenters. The van der Waals surface area contributed by atoms with E-state index in [2.05, 4.69) is 5.32 Å². The monoisotopic (exact) mass is 161 g/mol. The molecule has 0 amide bonds. The van der Waals surface area contributed by atoms with Crippen LogP contribution in [0.5, 0.6) is 0 Å². The van der Waals surface area contributed by atoms with Gasteiger partial charge in [0.2, 0.25) is 0 Å². The van der Waals surface area contributed by atoms with Crippen molar-refractivity contribution >= 4 is 0 Å². The average Bonchev–Trinajstić information content (AvgIpc) is 2.01. The molecule has 0 aromatic carbocycles. The summed E-state index contributed by atoms with van der Waals surface area (Å²) in [5.74, 6) is 0.473. The molecule has 5 heteroatoms. The number of nitrogens with one attached hydrogen (secondary N) is 1. The minimum Gasteiger partial charge on any atom is -0.464 e. The van der Waals surface area contributed by atoms with Gasteiger partial charge in [-0.25, -0.2) is 0 Å². The summed E-state index contributed by atoms with van der Waals surface area (Å²) in [6.45, 7) is 1.12. The van der Waals surface area contributed by atoms with Crippen LogP contribution in [0.25, 0.3) is 0 Å². The van der Waals surface area contributed by atoms with E-state index in [1.807, 2.05) is 0 Å². The molecule has 0 saturated heterocycles. The van der Waals surface area contributed by atoms with Crippen molar-refractivity contribution in [1.29, 1.82) is 0 Å². The molecule has 66 valence electrons. The zero-order valence-electron chi connectivity index (χ0n) is 6.42. The number of ether oxygens (including phenoxy) is 1. The van der Waals surface area contributed by atoms with Crippen molar-refractivity contribution in [3.05, 3.63) is 12.0 Å². The van der Waals surface area contributed by atoms with E-state index in [0.717, 1.165) is 0 Å². The summed E-state index contributed by atoms with van der Waals surface area (Å²) < 4.78 is 4.90. The second-order valence-corrected chi connectivity index (χ2v) is 1.78. The van der Waals surface area contributed by atoms with E-state index in [0.29, 0.717) is 19.0 Å².